The van der Waals surface area contributed by atoms with E-state index in [1.807, 2.05) is 18.9 Å². The Morgan fingerprint density at radius 2 is 1.80 bits per heavy atom. The van der Waals surface area contributed by atoms with E-state index in [2.05, 4.69) is 5.43 Å². The highest BCUT2D eigenvalue weighted by Crippen LogP contribution is 2.22. The average molecular weight is 285 g/mol. The fourth-order valence-electron chi connectivity index (χ4n) is 3.09. The predicted molar refractivity (Wildman–Crippen MR) is 71.9 cm³/mol. The molecule has 2 aliphatic rings. The second-order valence-electron chi connectivity index (χ2n) is 5.85. The number of hydrazine groups is 1. The number of aliphatic hydroxyl groups excluding tert-OH is 1. The lowest BCUT2D eigenvalue weighted by Gasteiger charge is -2.39. The average Bonchev–Trinajstić information content (AvgIpc) is 2.76. The second kappa shape index (κ2) is 5.97. The Bertz CT molecular complexity index is 380. The number of hydrogen-bond donors (Lipinski definition) is 3. The van der Waals surface area contributed by atoms with Gasteiger partial charge in [-0.1, -0.05) is 6.42 Å². The Hall–Kier alpha value is -1.34. The zero-order chi connectivity index (χ0) is 14.9. The van der Waals surface area contributed by atoms with Crippen molar-refractivity contribution in [3.8, 4) is 0 Å². The van der Waals surface area contributed by atoms with Crippen LogP contribution in [-0.4, -0.2) is 62.9 Å². The van der Waals surface area contributed by atoms with Gasteiger partial charge in [0.1, 0.15) is 6.04 Å². The summed E-state index contributed by atoms with van der Waals surface area (Å²) >= 11 is 0. The van der Waals surface area contributed by atoms with Gasteiger partial charge >= 0.3 is 12.0 Å². The lowest BCUT2D eigenvalue weighted by atomic mass is 10.00. The Kier molecular flexibility index (Phi) is 4.49. The summed E-state index contributed by atoms with van der Waals surface area (Å²) in [6.45, 7) is 4.16. The molecule has 3 N–H and O–H groups in total. The molecule has 20 heavy (non-hydrogen) atoms. The molecule has 0 aliphatic carbocycles. The van der Waals surface area contributed by atoms with Crippen LogP contribution in [-0.2, 0) is 4.79 Å². The Labute approximate surface area is 118 Å². The quantitative estimate of drug-likeness (QED) is 0.682. The lowest BCUT2D eigenvalue weighted by molar-refractivity contribution is -0.141. The monoisotopic (exact) mass is 285 g/mol. The molecule has 0 spiro atoms. The third-order valence-electron chi connectivity index (χ3n) is 4.24. The Balaban J connectivity index is 2.01. The van der Waals surface area contributed by atoms with E-state index in [9.17, 15) is 14.7 Å². The minimum atomic E-state index is -1.07. The number of nitrogens with zero attached hydrogens (tertiary/aromatic N) is 2. The Morgan fingerprint density at radius 3 is 2.35 bits per heavy atom. The van der Waals surface area contributed by atoms with Crippen molar-refractivity contribution >= 4 is 12.0 Å². The first kappa shape index (κ1) is 15.1. The number of hydrogen-bond acceptors (Lipinski definition) is 4. The van der Waals surface area contributed by atoms with Crippen molar-refractivity contribution in [3.05, 3.63) is 0 Å². The molecule has 0 radical (unpaired) electrons. The standard InChI is InChI=1S/C13H23N3O4/c1-8-4-3-5-9(2)16(8)14-13(20)15-7-10(17)6-11(15)12(18)19/h8-11,17H,3-7H2,1-2H3,(H,14,20)(H,18,19)/t8?,9?,10-,11-/m0/s1. The molecule has 2 heterocycles. The summed E-state index contributed by atoms with van der Waals surface area (Å²) in [7, 11) is 0. The predicted octanol–water partition coefficient (Wildman–Crippen LogP) is 0.394. The third-order valence-corrected chi connectivity index (χ3v) is 4.24. The van der Waals surface area contributed by atoms with E-state index >= 15 is 0 Å². The van der Waals surface area contributed by atoms with Crippen molar-refractivity contribution in [2.24, 2.45) is 0 Å². The van der Waals surface area contributed by atoms with Gasteiger partial charge in [0.05, 0.1) is 6.10 Å². The summed E-state index contributed by atoms with van der Waals surface area (Å²) in [4.78, 5) is 24.6. The molecule has 2 saturated heterocycles. The molecule has 2 amide bonds. The van der Waals surface area contributed by atoms with Crippen molar-refractivity contribution in [1.82, 2.24) is 15.3 Å². The second-order valence-corrected chi connectivity index (χ2v) is 5.85. The fraction of sp³-hybridized carbons (Fsp3) is 0.846. The molecule has 2 aliphatic heterocycles. The van der Waals surface area contributed by atoms with Gasteiger partial charge in [0.2, 0.25) is 0 Å². The van der Waals surface area contributed by atoms with Crippen LogP contribution in [0, 0.1) is 0 Å². The van der Waals surface area contributed by atoms with Crippen LogP contribution < -0.4 is 5.43 Å². The first-order chi connectivity index (χ1) is 9.40. The van der Waals surface area contributed by atoms with Crippen LogP contribution in [0.25, 0.3) is 0 Å². The molecule has 0 saturated carbocycles. The van der Waals surface area contributed by atoms with E-state index in [1.54, 1.807) is 0 Å². The number of amides is 2. The number of β-amino-alcohol motifs (C(OH)–C–C–N with tert-alkyl or cyclic N) is 1. The van der Waals surface area contributed by atoms with Gasteiger partial charge in [-0.25, -0.2) is 14.6 Å². The topological polar surface area (TPSA) is 93.1 Å². The van der Waals surface area contributed by atoms with E-state index in [4.69, 9.17) is 5.11 Å². The molecule has 2 fully saturated rings. The molecule has 7 heteroatoms. The number of urea groups is 1. The summed E-state index contributed by atoms with van der Waals surface area (Å²) in [6.07, 6.45) is 2.48. The van der Waals surface area contributed by atoms with Gasteiger partial charge in [-0.2, -0.15) is 0 Å². The summed E-state index contributed by atoms with van der Waals surface area (Å²) in [5.41, 5.74) is 2.81. The molecule has 4 atom stereocenters. The number of nitrogens with one attached hydrogen (secondary N) is 1. The van der Waals surface area contributed by atoms with Crippen LogP contribution in [0.3, 0.4) is 0 Å². The molecule has 0 aromatic rings. The van der Waals surface area contributed by atoms with Gasteiger partial charge in [-0.15, -0.1) is 0 Å². The third kappa shape index (κ3) is 3.04. The van der Waals surface area contributed by atoms with Gasteiger partial charge in [0.25, 0.3) is 0 Å². The summed E-state index contributed by atoms with van der Waals surface area (Å²) in [5, 5.41) is 20.6. The molecule has 0 aromatic heterocycles. The molecular formula is C13H23N3O4. The number of rotatable bonds is 2. The van der Waals surface area contributed by atoms with Gasteiger partial charge in [-0.05, 0) is 26.7 Å². The van der Waals surface area contributed by atoms with Crippen molar-refractivity contribution in [3.63, 3.8) is 0 Å². The van der Waals surface area contributed by atoms with Crippen LogP contribution in [0.1, 0.15) is 39.5 Å². The SMILES string of the molecule is CC1CCCC(C)N1NC(=O)N1C[C@@H](O)C[C@H]1C(=O)O. The molecule has 0 bridgehead atoms. The van der Waals surface area contributed by atoms with Crippen LogP contribution in [0.15, 0.2) is 0 Å². The molecule has 114 valence electrons. The first-order valence-electron chi connectivity index (χ1n) is 7.16. The van der Waals surface area contributed by atoms with E-state index in [0.717, 1.165) is 19.3 Å². The molecule has 2 unspecified atom stereocenters. The first-order valence-corrected chi connectivity index (χ1v) is 7.16. The fourth-order valence-corrected chi connectivity index (χ4v) is 3.09. The van der Waals surface area contributed by atoms with E-state index in [1.165, 1.54) is 4.90 Å². The smallest absolute Gasteiger partial charge is 0.332 e. The maximum Gasteiger partial charge on any atom is 0.332 e. The maximum atomic E-state index is 12.3. The van der Waals surface area contributed by atoms with Gasteiger partial charge in [-0.3, -0.25) is 5.43 Å². The van der Waals surface area contributed by atoms with Gasteiger partial charge in [0.15, 0.2) is 0 Å². The summed E-state index contributed by atoms with van der Waals surface area (Å²) in [5.74, 6) is -1.07. The van der Waals surface area contributed by atoms with Crippen LogP contribution in [0.2, 0.25) is 0 Å². The molecule has 2 rings (SSSR count). The number of piperidine rings is 1. The maximum absolute atomic E-state index is 12.3. The largest absolute Gasteiger partial charge is 0.480 e. The van der Waals surface area contributed by atoms with E-state index in [0.29, 0.717) is 0 Å². The highest BCUT2D eigenvalue weighted by molar-refractivity contribution is 5.83. The zero-order valence-corrected chi connectivity index (χ0v) is 12.0. The summed E-state index contributed by atoms with van der Waals surface area (Å²) < 4.78 is 0. The normalized spacial score (nSPS) is 35.0. The Morgan fingerprint density at radius 1 is 1.20 bits per heavy atom. The van der Waals surface area contributed by atoms with Gasteiger partial charge < -0.3 is 15.1 Å². The van der Waals surface area contributed by atoms with Crippen molar-refractivity contribution in [2.45, 2.75) is 63.8 Å². The van der Waals surface area contributed by atoms with Crippen molar-refractivity contribution < 1.29 is 19.8 Å². The number of carbonyl (C=O) groups is 2. The number of aliphatic hydroxyl groups is 1. The van der Waals surface area contributed by atoms with Crippen molar-refractivity contribution in [2.75, 3.05) is 6.54 Å². The van der Waals surface area contributed by atoms with E-state index < -0.39 is 24.1 Å². The number of carboxylic acid groups (broad SMARTS) is 1. The molecular weight excluding hydrogens is 262 g/mol. The zero-order valence-electron chi connectivity index (χ0n) is 12.0. The van der Waals surface area contributed by atoms with Gasteiger partial charge in [0, 0.05) is 25.0 Å². The number of carboxylic acids is 1. The lowest BCUT2D eigenvalue weighted by Crippen LogP contribution is -2.58. The van der Waals surface area contributed by atoms with Crippen LogP contribution in [0.4, 0.5) is 4.79 Å². The van der Waals surface area contributed by atoms with Crippen LogP contribution in [0.5, 0.6) is 0 Å². The minimum absolute atomic E-state index is 0.0689. The van der Waals surface area contributed by atoms with Crippen molar-refractivity contribution in [1.29, 1.82) is 0 Å². The molecule has 7 nitrogen and oxygen atoms in total. The number of aliphatic carboxylic acids is 1. The highest BCUT2D eigenvalue weighted by atomic mass is 16.4. The molecule has 0 aromatic carbocycles. The van der Waals surface area contributed by atoms with Crippen LogP contribution >= 0.6 is 0 Å². The summed E-state index contributed by atoms with van der Waals surface area (Å²) in [6, 6.07) is -0.910. The van der Waals surface area contributed by atoms with E-state index in [-0.39, 0.29) is 25.0 Å². The number of carbonyl (C=O) groups excluding carboxylic acids is 1. The highest BCUT2D eigenvalue weighted by Gasteiger charge is 2.40. The minimum Gasteiger partial charge on any atom is -0.480 e. The number of likely N-dealkylation sites (tertiary alicyclic amines) is 1.